The van der Waals surface area contributed by atoms with Gasteiger partial charge in [-0.1, -0.05) is 31.0 Å². The topological polar surface area (TPSA) is 83.2 Å². The van der Waals surface area contributed by atoms with Gasteiger partial charge in [0.1, 0.15) is 12.0 Å². The molecule has 0 saturated carbocycles. The van der Waals surface area contributed by atoms with Gasteiger partial charge in [0.2, 0.25) is 11.2 Å². The van der Waals surface area contributed by atoms with Crippen LogP contribution >= 0.6 is 11.6 Å². The van der Waals surface area contributed by atoms with Crippen molar-refractivity contribution >= 4 is 23.3 Å². The van der Waals surface area contributed by atoms with Gasteiger partial charge in [0.25, 0.3) is 0 Å². The number of anilines is 1. The number of rotatable bonds is 9. The molecule has 2 heterocycles. The van der Waals surface area contributed by atoms with Crippen molar-refractivity contribution in [1.29, 1.82) is 0 Å². The van der Waals surface area contributed by atoms with E-state index in [1.165, 1.54) is 12.3 Å². The summed E-state index contributed by atoms with van der Waals surface area (Å²) in [4.78, 5) is 28.2. The van der Waals surface area contributed by atoms with Crippen LogP contribution in [-0.2, 0) is 11.3 Å². The molecule has 1 saturated heterocycles. The van der Waals surface area contributed by atoms with E-state index in [2.05, 4.69) is 9.80 Å². The van der Waals surface area contributed by atoms with E-state index < -0.39 is 12.1 Å². The Kier molecular flexibility index (Phi) is 7.76. The molecule has 30 heavy (non-hydrogen) atoms. The molecule has 1 aromatic carbocycles. The third-order valence-corrected chi connectivity index (χ3v) is 5.38. The highest BCUT2D eigenvalue weighted by atomic mass is 35.5. The van der Waals surface area contributed by atoms with Crippen molar-refractivity contribution in [3.05, 3.63) is 57.6 Å². The number of hydrogen-bond donors (Lipinski definition) is 1. The summed E-state index contributed by atoms with van der Waals surface area (Å²) in [5.41, 5.74) is 0.739. The van der Waals surface area contributed by atoms with E-state index in [-0.39, 0.29) is 11.2 Å². The van der Waals surface area contributed by atoms with Crippen molar-refractivity contribution in [3.63, 3.8) is 0 Å². The number of nitrogens with zero attached hydrogens (tertiary/aromatic N) is 2. The average Bonchev–Trinajstić information content (AvgIpc) is 2.73. The zero-order valence-electron chi connectivity index (χ0n) is 17.1. The fourth-order valence-electron chi connectivity index (χ4n) is 3.44. The lowest BCUT2D eigenvalue weighted by Crippen LogP contribution is -2.46. The van der Waals surface area contributed by atoms with E-state index in [0.29, 0.717) is 25.1 Å². The predicted molar refractivity (Wildman–Crippen MR) is 115 cm³/mol. The van der Waals surface area contributed by atoms with Gasteiger partial charge in [-0.25, -0.2) is 4.79 Å². The summed E-state index contributed by atoms with van der Waals surface area (Å²) in [7, 11) is 0. The summed E-state index contributed by atoms with van der Waals surface area (Å²) in [6.07, 6.45) is 2.09. The van der Waals surface area contributed by atoms with Crippen molar-refractivity contribution < 1.29 is 19.1 Å². The van der Waals surface area contributed by atoms with Crippen LogP contribution in [0.3, 0.4) is 0 Å². The average molecular weight is 435 g/mol. The Morgan fingerprint density at radius 1 is 1.27 bits per heavy atom. The summed E-state index contributed by atoms with van der Waals surface area (Å²) >= 11 is 6.08. The number of benzene rings is 1. The summed E-state index contributed by atoms with van der Waals surface area (Å²) in [5.74, 6) is -0.610. The first-order valence-corrected chi connectivity index (χ1v) is 10.6. The molecule has 2 aromatic rings. The first-order valence-electron chi connectivity index (χ1n) is 10.2. The molecule has 1 aliphatic heterocycles. The standard InChI is InChI=1S/C22H27ClN2O5/c1-2-3-7-20(22(27)28)30-21-15-29-18(13-19(21)26)14-24-8-10-25(11-9-24)17-6-4-5-16(23)12-17/h4-6,12-13,15,20H,2-3,7-11,14H2,1H3,(H,27,28). The van der Waals surface area contributed by atoms with Crippen LogP contribution in [-0.4, -0.2) is 48.3 Å². The van der Waals surface area contributed by atoms with Crippen molar-refractivity contribution in [3.8, 4) is 5.75 Å². The van der Waals surface area contributed by atoms with Gasteiger partial charge in [-0.3, -0.25) is 9.69 Å². The van der Waals surface area contributed by atoms with Gasteiger partial charge in [0.05, 0.1) is 6.54 Å². The van der Waals surface area contributed by atoms with Crippen LogP contribution in [0.4, 0.5) is 5.69 Å². The van der Waals surface area contributed by atoms with E-state index in [1.54, 1.807) is 0 Å². The largest absolute Gasteiger partial charge is 0.479 e. The SMILES string of the molecule is CCCCC(Oc1coc(CN2CCN(c3cccc(Cl)c3)CC2)cc1=O)C(=O)O. The lowest BCUT2D eigenvalue weighted by Gasteiger charge is -2.35. The highest BCUT2D eigenvalue weighted by molar-refractivity contribution is 6.30. The van der Waals surface area contributed by atoms with Gasteiger partial charge >= 0.3 is 5.97 Å². The fourth-order valence-corrected chi connectivity index (χ4v) is 3.62. The lowest BCUT2D eigenvalue weighted by atomic mass is 10.1. The number of carbonyl (C=O) groups is 1. The third kappa shape index (κ3) is 6.00. The number of unbranched alkanes of at least 4 members (excludes halogenated alkanes) is 1. The summed E-state index contributed by atoms with van der Waals surface area (Å²) in [6.45, 7) is 5.83. The number of carboxylic acid groups (broad SMARTS) is 1. The molecular weight excluding hydrogens is 408 g/mol. The Morgan fingerprint density at radius 3 is 2.67 bits per heavy atom. The minimum atomic E-state index is -1.08. The molecule has 0 radical (unpaired) electrons. The molecule has 1 N–H and O–H groups in total. The van der Waals surface area contributed by atoms with Crippen molar-refractivity contribution in [2.24, 2.45) is 0 Å². The van der Waals surface area contributed by atoms with Gasteiger partial charge in [-0.05, 0) is 31.0 Å². The predicted octanol–water partition coefficient (Wildman–Crippen LogP) is 3.64. The Hall–Kier alpha value is -2.51. The molecule has 7 nitrogen and oxygen atoms in total. The number of hydrogen-bond acceptors (Lipinski definition) is 6. The molecule has 3 rings (SSSR count). The van der Waals surface area contributed by atoms with E-state index in [9.17, 15) is 14.7 Å². The van der Waals surface area contributed by atoms with Crippen LogP contribution in [0.5, 0.6) is 5.75 Å². The Labute approximate surface area is 180 Å². The van der Waals surface area contributed by atoms with Gasteiger partial charge in [0, 0.05) is 43.0 Å². The normalized spacial score (nSPS) is 15.7. The van der Waals surface area contributed by atoms with Crippen LogP contribution in [0.2, 0.25) is 5.02 Å². The first kappa shape index (κ1) is 22.2. The van der Waals surface area contributed by atoms with E-state index in [4.69, 9.17) is 20.8 Å². The van der Waals surface area contributed by atoms with Crippen LogP contribution in [0.25, 0.3) is 0 Å². The second-order valence-corrected chi connectivity index (χ2v) is 7.84. The van der Waals surface area contributed by atoms with Crippen LogP contribution in [0, 0.1) is 0 Å². The molecule has 0 amide bonds. The van der Waals surface area contributed by atoms with Gasteiger partial charge in [-0.15, -0.1) is 0 Å². The smallest absolute Gasteiger partial charge is 0.344 e. The lowest BCUT2D eigenvalue weighted by molar-refractivity contribution is -0.145. The van der Waals surface area contributed by atoms with Crippen molar-refractivity contribution in [2.75, 3.05) is 31.1 Å². The monoisotopic (exact) mass is 434 g/mol. The maximum Gasteiger partial charge on any atom is 0.344 e. The van der Waals surface area contributed by atoms with E-state index >= 15 is 0 Å². The maximum atomic E-state index is 12.4. The first-order chi connectivity index (χ1) is 14.5. The number of ether oxygens (including phenoxy) is 1. The summed E-state index contributed by atoms with van der Waals surface area (Å²) in [6, 6.07) is 9.19. The van der Waals surface area contributed by atoms with Crippen LogP contribution in [0.1, 0.15) is 31.9 Å². The Morgan fingerprint density at radius 2 is 2.03 bits per heavy atom. The van der Waals surface area contributed by atoms with Crippen molar-refractivity contribution in [2.45, 2.75) is 38.8 Å². The minimum absolute atomic E-state index is 0.0620. The van der Waals surface area contributed by atoms with Crippen molar-refractivity contribution in [1.82, 2.24) is 4.90 Å². The van der Waals surface area contributed by atoms with Gasteiger partial charge < -0.3 is 19.2 Å². The quantitative estimate of drug-likeness (QED) is 0.645. The molecule has 0 spiro atoms. The summed E-state index contributed by atoms with van der Waals surface area (Å²) in [5, 5.41) is 9.99. The molecular formula is C22H27ClN2O5. The minimum Gasteiger partial charge on any atom is -0.479 e. The Bertz CT molecular complexity index is 908. The molecule has 0 bridgehead atoms. The van der Waals surface area contributed by atoms with Crippen LogP contribution < -0.4 is 15.1 Å². The zero-order valence-corrected chi connectivity index (χ0v) is 17.8. The highest BCUT2D eigenvalue weighted by Crippen LogP contribution is 2.21. The third-order valence-electron chi connectivity index (χ3n) is 5.14. The number of piperazine rings is 1. The second kappa shape index (κ2) is 10.5. The van der Waals surface area contributed by atoms with Crippen LogP contribution in [0.15, 0.2) is 45.8 Å². The molecule has 1 aliphatic rings. The number of halogens is 1. The van der Waals surface area contributed by atoms with E-state index in [0.717, 1.165) is 43.3 Å². The Balaban J connectivity index is 1.56. The van der Waals surface area contributed by atoms with Gasteiger partial charge in [-0.2, -0.15) is 0 Å². The molecule has 1 fully saturated rings. The van der Waals surface area contributed by atoms with E-state index in [1.807, 2.05) is 31.2 Å². The molecule has 1 atom stereocenters. The van der Waals surface area contributed by atoms with Gasteiger partial charge in [0.15, 0.2) is 6.10 Å². The molecule has 162 valence electrons. The number of aliphatic carboxylic acids is 1. The maximum absolute atomic E-state index is 12.4. The second-order valence-electron chi connectivity index (χ2n) is 7.40. The summed E-state index contributed by atoms with van der Waals surface area (Å²) < 4.78 is 11.0. The number of carboxylic acids is 1. The molecule has 1 aromatic heterocycles. The zero-order chi connectivity index (χ0) is 21.5. The molecule has 1 unspecified atom stereocenters. The highest BCUT2D eigenvalue weighted by Gasteiger charge is 2.22. The molecule has 8 heteroatoms. The fraction of sp³-hybridized carbons (Fsp3) is 0.455. The molecule has 0 aliphatic carbocycles.